The van der Waals surface area contributed by atoms with Crippen molar-refractivity contribution < 1.29 is 27.4 Å². The van der Waals surface area contributed by atoms with Gasteiger partial charge in [-0.15, -0.1) is 13.2 Å². The van der Waals surface area contributed by atoms with E-state index in [9.17, 15) is 18.0 Å². The van der Waals surface area contributed by atoms with Gasteiger partial charge in [0, 0.05) is 30.8 Å². The summed E-state index contributed by atoms with van der Waals surface area (Å²) in [5.74, 6) is 0.322. The molecule has 3 aromatic rings. The van der Waals surface area contributed by atoms with Crippen molar-refractivity contribution in [2.45, 2.75) is 12.4 Å². The summed E-state index contributed by atoms with van der Waals surface area (Å²) < 4.78 is 49.3. The first-order valence-corrected chi connectivity index (χ1v) is 10.8. The zero-order valence-corrected chi connectivity index (χ0v) is 18.4. The lowest BCUT2D eigenvalue weighted by atomic mass is 10.0. The van der Waals surface area contributed by atoms with Crippen LogP contribution >= 0.6 is 11.6 Å². The van der Waals surface area contributed by atoms with E-state index in [2.05, 4.69) is 21.3 Å². The number of carbonyl (C=O) groups is 1. The van der Waals surface area contributed by atoms with Crippen molar-refractivity contribution in [2.24, 2.45) is 0 Å². The van der Waals surface area contributed by atoms with Gasteiger partial charge in [0.15, 0.2) is 5.75 Å². The number of hydrogen-bond acceptors (Lipinski definition) is 6. The van der Waals surface area contributed by atoms with Crippen molar-refractivity contribution in [1.82, 2.24) is 14.9 Å². The van der Waals surface area contributed by atoms with Gasteiger partial charge in [-0.25, -0.2) is 9.97 Å². The Morgan fingerprint density at radius 2 is 2.03 bits per heavy atom. The summed E-state index contributed by atoms with van der Waals surface area (Å²) in [6.07, 6.45) is -2.20. The third-order valence-corrected chi connectivity index (χ3v) is 6.24. The van der Waals surface area contributed by atoms with Gasteiger partial charge in [-0.3, -0.25) is 4.79 Å². The Kier molecular flexibility index (Phi) is 5.47. The van der Waals surface area contributed by atoms with E-state index in [1.165, 1.54) is 30.6 Å². The highest BCUT2D eigenvalue weighted by atomic mass is 35.5. The molecule has 176 valence electrons. The number of rotatable bonds is 3. The first-order chi connectivity index (χ1) is 16.3. The number of ether oxygens (including phenoxy) is 2. The summed E-state index contributed by atoms with van der Waals surface area (Å²) in [6.45, 7) is 5.13. The van der Waals surface area contributed by atoms with Crippen molar-refractivity contribution in [1.29, 1.82) is 0 Å². The number of piperazine rings is 1. The van der Waals surface area contributed by atoms with Gasteiger partial charge in [0.2, 0.25) is 5.91 Å². The van der Waals surface area contributed by atoms with E-state index in [1.807, 2.05) is 4.90 Å². The minimum absolute atomic E-state index is 0.126. The fourth-order valence-corrected chi connectivity index (χ4v) is 4.69. The Hall–Kier alpha value is -3.53. The molecule has 11 heteroatoms. The van der Waals surface area contributed by atoms with E-state index in [0.717, 1.165) is 0 Å². The number of halogens is 4. The molecule has 1 aromatic heterocycles. The average molecular weight is 491 g/mol. The van der Waals surface area contributed by atoms with Gasteiger partial charge in [0.25, 0.3) is 0 Å². The van der Waals surface area contributed by atoms with Crippen molar-refractivity contribution in [3.63, 3.8) is 0 Å². The summed E-state index contributed by atoms with van der Waals surface area (Å²) in [6, 6.07) is 7.14. The Labute approximate surface area is 197 Å². The molecule has 0 radical (unpaired) electrons. The van der Waals surface area contributed by atoms with Crippen LogP contribution in [0.15, 0.2) is 49.3 Å². The summed E-state index contributed by atoms with van der Waals surface area (Å²) in [5, 5.41) is 0.692. The zero-order chi connectivity index (χ0) is 24.0. The molecule has 3 heterocycles. The van der Waals surface area contributed by atoms with E-state index in [1.54, 1.807) is 17.0 Å². The number of aromatic nitrogens is 2. The highest BCUT2D eigenvalue weighted by Gasteiger charge is 2.36. The second kappa shape index (κ2) is 8.35. The van der Waals surface area contributed by atoms with E-state index in [4.69, 9.17) is 16.3 Å². The molecule has 1 atom stereocenters. The minimum Gasteiger partial charge on any atom is -0.489 e. The third kappa shape index (κ3) is 3.87. The van der Waals surface area contributed by atoms with Crippen LogP contribution in [0.2, 0.25) is 5.02 Å². The number of hydrogen-bond donors (Lipinski definition) is 0. The molecule has 34 heavy (non-hydrogen) atoms. The molecule has 7 nitrogen and oxygen atoms in total. The molecule has 0 bridgehead atoms. The molecular formula is C23H18ClF3N4O3. The lowest BCUT2D eigenvalue weighted by Crippen LogP contribution is -2.56. The van der Waals surface area contributed by atoms with Gasteiger partial charge < -0.3 is 19.3 Å². The maximum absolute atomic E-state index is 13.0. The lowest BCUT2D eigenvalue weighted by Gasteiger charge is -2.40. The fraction of sp³-hybridized carbons (Fsp3) is 0.261. The number of benzene rings is 2. The Morgan fingerprint density at radius 3 is 2.79 bits per heavy atom. The van der Waals surface area contributed by atoms with Gasteiger partial charge in [0.05, 0.1) is 22.0 Å². The Balaban J connectivity index is 1.63. The van der Waals surface area contributed by atoms with Crippen LogP contribution in [0.25, 0.3) is 22.0 Å². The number of anilines is 1. The van der Waals surface area contributed by atoms with Crippen LogP contribution in [0.3, 0.4) is 0 Å². The van der Waals surface area contributed by atoms with Gasteiger partial charge >= 0.3 is 6.36 Å². The van der Waals surface area contributed by atoms with E-state index < -0.39 is 6.36 Å². The largest absolute Gasteiger partial charge is 0.573 e. The molecule has 1 fully saturated rings. The van der Waals surface area contributed by atoms with Gasteiger partial charge in [0.1, 0.15) is 24.5 Å². The number of para-hydroxylation sites is 1. The molecular weight excluding hydrogens is 473 g/mol. The van der Waals surface area contributed by atoms with E-state index in [-0.39, 0.29) is 46.2 Å². The minimum atomic E-state index is -4.87. The molecule has 0 N–H and O–H groups in total. The molecule has 2 aromatic carbocycles. The average Bonchev–Trinajstić information content (AvgIpc) is 2.98. The molecule has 0 spiro atoms. The fourth-order valence-electron chi connectivity index (χ4n) is 4.39. The normalized spacial score (nSPS) is 17.6. The SMILES string of the molecule is C=CC(=O)N1CCN2c3ncnc4cc(-c5ccccc5OC(F)(F)F)c(Cl)c(c34)OC[C@@H]2C1. The smallest absolute Gasteiger partial charge is 0.489 e. The first-order valence-electron chi connectivity index (χ1n) is 10.4. The van der Waals surface area contributed by atoms with Crippen molar-refractivity contribution in [3.8, 4) is 22.6 Å². The summed E-state index contributed by atoms with van der Waals surface area (Å²) in [7, 11) is 0. The molecule has 1 amide bonds. The van der Waals surface area contributed by atoms with Crippen LogP contribution in [-0.4, -0.2) is 59.4 Å². The lowest BCUT2D eigenvalue weighted by molar-refractivity contribution is -0.274. The molecule has 0 unspecified atom stereocenters. The van der Waals surface area contributed by atoms with E-state index in [0.29, 0.717) is 36.4 Å². The van der Waals surface area contributed by atoms with Crippen LogP contribution < -0.4 is 14.4 Å². The summed E-state index contributed by atoms with van der Waals surface area (Å²) in [4.78, 5) is 24.7. The van der Waals surface area contributed by atoms with Gasteiger partial charge in [-0.2, -0.15) is 0 Å². The third-order valence-electron chi connectivity index (χ3n) is 5.86. The molecule has 0 saturated carbocycles. The highest BCUT2D eigenvalue weighted by molar-refractivity contribution is 6.36. The topological polar surface area (TPSA) is 67.8 Å². The second-order valence-electron chi connectivity index (χ2n) is 7.85. The van der Waals surface area contributed by atoms with Crippen LogP contribution in [0.5, 0.6) is 11.5 Å². The maximum Gasteiger partial charge on any atom is 0.573 e. The van der Waals surface area contributed by atoms with Crippen molar-refractivity contribution in [2.75, 3.05) is 31.1 Å². The van der Waals surface area contributed by atoms with Crippen molar-refractivity contribution >= 4 is 34.2 Å². The van der Waals surface area contributed by atoms with Crippen molar-refractivity contribution in [3.05, 3.63) is 54.3 Å². The standard InChI is InChI=1S/C23H18ClF3N4O3/c1-2-18(32)30-7-8-31-13(10-30)11-33-21-19-16(28-12-29-22(19)31)9-15(20(21)24)14-5-3-4-6-17(14)34-23(25,26)27/h2-6,9,12-13H,1,7-8,10-11H2/t13-/m0/s1. The zero-order valence-electron chi connectivity index (χ0n) is 17.7. The van der Waals surface area contributed by atoms with Crippen LogP contribution in [0, 0.1) is 0 Å². The molecule has 2 aliphatic heterocycles. The predicted octanol–water partition coefficient (Wildman–Crippen LogP) is 4.44. The first kappa shape index (κ1) is 22.3. The molecule has 2 aliphatic rings. The van der Waals surface area contributed by atoms with Gasteiger partial charge in [-0.05, 0) is 18.2 Å². The second-order valence-corrected chi connectivity index (χ2v) is 8.23. The highest BCUT2D eigenvalue weighted by Crippen LogP contribution is 2.47. The Morgan fingerprint density at radius 1 is 1.24 bits per heavy atom. The van der Waals surface area contributed by atoms with Gasteiger partial charge in [-0.1, -0.05) is 36.4 Å². The Bertz CT molecular complexity index is 1300. The monoisotopic (exact) mass is 490 g/mol. The summed E-state index contributed by atoms with van der Waals surface area (Å²) in [5.41, 5.74) is 0.903. The number of amides is 1. The number of fused-ring (bicyclic) bond motifs is 2. The van der Waals surface area contributed by atoms with E-state index >= 15 is 0 Å². The number of alkyl halides is 3. The number of nitrogens with zero attached hydrogens (tertiary/aromatic N) is 4. The molecule has 0 aliphatic carbocycles. The summed E-state index contributed by atoms with van der Waals surface area (Å²) >= 11 is 6.73. The van der Waals surface area contributed by atoms with Crippen LogP contribution in [0.1, 0.15) is 0 Å². The van der Waals surface area contributed by atoms with Crippen LogP contribution in [-0.2, 0) is 4.79 Å². The predicted molar refractivity (Wildman–Crippen MR) is 120 cm³/mol. The quantitative estimate of drug-likeness (QED) is 0.506. The molecule has 5 rings (SSSR count). The van der Waals surface area contributed by atoms with Crippen LogP contribution in [0.4, 0.5) is 19.0 Å². The number of carbonyl (C=O) groups excluding carboxylic acids is 1. The molecule has 1 saturated heterocycles. The maximum atomic E-state index is 13.0.